The molecule has 0 unspecified atom stereocenters. The number of nitrogens with zero attached hydrogens (tertiary/aromatic N) is 2. The molecule has 134 valence electrons. The molecule has 1 aliphatic carbocycles. The zero-order valence-electron chi connectivity index (χ0n) is 14.8. The molecule has 1 amide bonds. The molecule has 1 aromatic heterocycles. The van der Waals surface area contributed by atoms with Gasteiger partial charge in [0.15, 0.2) is 5.16 Å². The first-order valence-corrected chi connectivity index (χ1v) is 9.95. The molecule has 5 nitrogen and oxygen atoms in total. The minimum absolute atomic E-state index is 0.0235. The van der Waals surface area contributed by atoms with Gasteiger partial charge in [-0.25, -0.2) is 4.98 Å². The molecule has 25 heavy (non-hydrogen) atoms. The molecule has 1 saturated carbocycles. The van der Waals surface area contributed by atoms with Crippen LogP contribution in [0.3, 0.4) is 0 Å². The van der Waals surface area contributed by atoms with E-state index in [1.807, 2.05) is 24.3 Å². The fraction of sp³-hybridized carbons (Fsp3) is 0.526. The third kappa shape index (κ3) is 4.42. The second-order valence-electron chi connectivity index (χ2n) is 7.06. The number of amides is 1. The van der Waals surface area contributed by atoms with Crippen LogP contribution in [0.2, 0.25) is 0 Å². The molecule has 6 heteroatoms. The highest BCUT2D eigenvalue weighted by atomic mass is 32.2. The zero-order valence-corrected chi connectivity index (χ0v) is 15.6. The van der Waals surface area contributed by atoms with E-state index in [2.05, 4.69) is 24.1 Å². The largest absolute Gasteiger partial charge is 0.353 e. The van der Waals surface area contributed by atoms with Gasteiger partial charge in [-0.2, -0.15) is 0 Å². The number of rotatable bonds is 6. The first kappa shape index (κ1) is 18.0. The number of carbonyl (C=O) groups excluding carboxylic acids is 1. The summed E-state index contributed by atoms with van der Waals surface area (Å²) in [5.41, 5.74) is 0.657. The predicted octanol–water partition coefficient (Wildman–Crippen LogP) is 3.20. The topological polar surface area (TPSA) is 64.0 Å². The van der Waals surface area contributed by atoms with E-state index in [9.17, 15) is 9.59 Å². The van der Waals surface area contributed by atoms with E-state index in [0.717, 1.165) is 12.8 Å². The average Bonchev–Trinajstić information content (AvgIpc) is 3.08. The van der Waals surface area contributed by atoms with Gasteiger partial charge < -0.3 is 5.32 Å². The van der Waals surface area contributed by atoms with Crippen molar-refractivity contribution >= 4 is 28.6 Å². The zero-order chi connectivity index (χ0) is 17.8. The van der Waals surface area contributed by atoms with Crippen LogP contribution in [0.25, 0.3) is 10.9 Å². The Morgan fingerprint density at radius 3 is 2.76 bits per heavy atom. The van der Waals surface area contributed by atoms with Crippen molar-refractivity contribution in [3.8, 4) is 0 Å². The summed E-state index contributed by atoms with van der Waals surface area (Å²) in [7, 11) is 0. The molecule has 1 N–H and O–H groups in total. The first-order valence-electron chi connectivity index (χ1n) is 8.96. The van der Waals surface area contributed by atoms with E-state index in [1.54, 1.807) is 4.57 Å². The van der Waals surface area contributed by atoms with E-state index in [1.165, 1.54) is 24.6 Å². The molecule has 0 radical (unpaired) electrons. The molecule has 1 fully saturated rings. The molecule has 0 bridgehead atoms. The van der Waals surface area contributed by atoms with Gasteiger partial charge in [-0.3, -0.25) is 14.2 Å². The number of aromatic nitrogens is 2. The van der Waals surface area contributed by atoms with Crippen molar-refractivity contribution in [1.82, 2.24) is 14.9 Å². The van der Waals surface area contributed by atoms with Crippen molar-refractivity contribution in [2.45, 2.75) is 57.3 Å². The van der Waals surface area contributed by atoms with Crippen molar-refractivity contribution in [2.75, 3.05) is 5.75 Å². The molecular weight excluding hydrogens is 334 g/mol. The minimum atomic E-state index is -0.0296. The van der Waals surface area contributed by atoms with Gasteiger partial charge in [0, 0.05) is 12.6 Å². The van der Waals surface area contributed by atoms with Gasteiger partial charge in [-0.05, 0) is 30.9 Å². The Kier molecular flexibility index (Phi) is 5.78. The Balaban J connectivity index is 1.81. The second kappa shape index (κ2) is 8.04. The Labute approximate surface area is 152 Å². The van der Waals surface area contributed by atoms with E-state index in [-0.39, 0.29) is 11.5 Å². The lowest BCUT2D eigenvalue weighted by Crippen LogP contribution is -2.34. The first-order chi connectivity index (χ1) is 12.0. The van der Waals surface area contributed by atoms with Crippen LogP contribution in [0.15, 0.2) is 34.2 Å². The maximum absolute atomic E-state index is 12.8. The maximum Gasteiger partial charge on any atom is 0.262 e. The smallest absolute Gasteiger partial charge is 0.262 e. The van der Waals surface area contributed by atoms with Gasteiger partial charge in [0.2, 0.25) is 5.91 Å². The molecule has 1 heterocycles. The van der Waals surface area contributed by atoms with Crippen LogP contribution in [-0.2, 0) is 11.3 Å². The number of nitrogens with one attached hydrogen (secondary N) is 1. The summed E-state index contributed by atoms with van der Waals surface area (Å²) in [5, 5.41) is 4.34. The van der Waals surface area contributed by atoms with Crippen LogP contribution in [0.4, 0.5) is 0 Å². The highest BCUT2D eigenvalue weighted by molar-refractivity contribution is 7.99. The number of hydrogen-bond donors (Lipinski definition) is 1. The Morgan fingerprint density at radius 2 is 2.04 bits per heavy atom. The van der Waals surface area contributed by atoms with Crippen molar-refractivity contribution < 1.29 is 4.79 Å². The van der Waals surface area contributed by atoms with E-state index < -0.39 is 0 Å². The average molecular weight is 359 g/mol. The number of fused-ring (bicyclic) bond motifs is 1. The third-order valence-corrected chi connectivity index (χ3v) is 5.40. The van der Waals surface area contributed by atoms with Crippen molar-refractivity contribution in [3.05, 3.63) is 34.6 Å². The SMILES string of the molecule is CC(C)Cn1c(SCC(=O)NC2CCCC2)nc2ccccc2c1=O. The number of thioether (sulfide) groups is 1. The molecule has 0 atom stereocenters. The summed E-state index contributed by atoms with van der Waals surface area (Å²) in [4.78, 5) is 29.7. The number of benzene rings is 1. The summed E-state index contributed by atoms with van der Waals surface area (Å²) in [6, 6.07) is 7.70. The Hall–Kier alpha value is -1.82. The van der Waals surface area contributed by atoms with Crippen LogP contribution < -0.4 is 10.9 Å². The highest BCUT2D eigenvalue weighted by Crippen LogP contribution is 2.20. The minimum Gasteiger partial charge on any atom is -0.353 e. The fourth-order valence-electron chi connectivity index (χ4n) is 3.25. The Bertz CT molecular complexity index is 810. The summed E-state index contributed by atoms with van der Waals surface area (Å²) in [6.07, 6.45) is 4.53. The Morgan fingerprint density at radius 1 is 1.32 bits per heavy atom. The number of carbonyl (C=O) groups is 1. The summed E-state index contributed by atoms with van der Waals surface area (Å²) < 4.78 is 1.71. The lowest BCUT2D eigenvalue weighted by atomic mass is 10.2. The molecule has 2 aromatic rings. The van der Waals surface area contributed by atoms with E-state index in [4.69, 9.17) is 0 Å². The van der Waals surface area contributed by atoms with Crippen LogP contribution >= 0.6 is 11.8 Å². The molecular formula is C19H25N3O2S. The van der Waals surface area contributed by atoms with E-state index in [0.29, 0.717) is 40.3 Å². The van der Waals surface area contributed by atoms with E-state index >= 15 is 0 Å². The predicted molar refractivity (Wildman–Crippen MR) is 102 cm³/mol. The molecule has 1 aromatic carbocycles. The van der Waals surface area contributed by atoms with Crippen molar-refractivity contribution in [3.63, 3.8) is 0 Å². The molecule has 1 aliphatic rings. The lowest BCUT2D eigenvalue weighted by molar-refractivity contribution is -0.119. The van der Waals surface area contributed by atoms with Crippen LogP contribution in [-0.4, -0.2) is 27.3 Å². The van der Waals surface area contributed by atoms with Crippen LogP contribution in [0.5, 0.6) is 0 Å². The van der Waals surface area contributed by atoms with Crippen LogP contribution in [0.1, 0.15) is 39.5 Å². The lowest BCUT2D eigenvalue weighted by Gasteiger charge is -2.15. The maximum atomic E-state index is 12.8. The van der Waals surface area contributed by atoms with Gasteiger partial charge in [0.05, 0.1) is 16.7 Å². The molecule has 0 spiro atoms. The molecule has 0 aliphatic heterocycles. The third-order valence-electron chi connectivity index (χ3n) is 4.43. The van der Waals surface area contributed by atoms with Gasteiger partial charge in [-0.1, -0.05) is 50.6 Å². The number of hydrogen-bond acceptors (Lipinski definition) is 4. The van der Waals surface area contributed by atoms with Gasteiger partial charge >= 0.3 is 0 Å². The molecule has 0 saturated heterocycles. The molecule has 3 rings (SSSR count). The van der Waals surface area contributed by atoms with Gasteiger partial charge in [-0.15, -0.1) is 0 Å². The fourth-order valence-corrected chi connectivity index (χ4v) is 4.07. The summed E-state index contributed by atoms with van der Waals surface area (Å²) >= 11 is 1.35. The van der Waals surface area contributed by atoms with Gasteiger partial charge in [0.1, 0.15) is 0 Å². The number of para-hydroxylation sites is 1. The quantitative estimate of drug-likeness (QED) is 0.635. The normalized spacial score (nSPS) is 15.2. The summed E-state index contributed by atoms with van der Waals surface area (Å²) in [6.45, 7) is 4.75. The summed E-state index contributed by atoms with van der Waals surface area (Å²) in [5.74, 6) is 0.641. The monoisotopic (exact) mass is 359 g/mol. The van der Waals surface area contributed by atoms with Crippen molar-refractivity contribution in [2.24, 2.45) is 5.92 Å². The van der Waals surface area contributed by atoms with Gasteiger partial charge in [0.25, 0.3) is 5.56 Å². The van der Waals surface area contributed by atoms with Crippen molar-refractivity contribution in [1.29, 1.82) is 0 Å². The van der Waals surface area contributed by atoms with Crippen LogP contribution in [0, 0.1) is 5.92 Å². The second-order valence-corrected chi connectivity index (χ2v) is 8.00. The standard InChI is InChI=1S/C19H25N3O2S/c1-13(2)11-22-18(24)15-9-5-6-10-16(15)21-19(22)25-12-17(23)20-14-7-3-4-8-14/h5-6,9-10,13-14H,3-4,7-8,11-12H2,1-2H3,(H,20,23). The highest BCUT2D eigenvalue weighted by Gasteiger charge is 2.18.